The van der Waals surface area contributed by atoms with Crippen molar-refractivity contribution in [2.24, 2.45) is 0 Å². The van der Waals surface area contributed by atoms with Crippen molar-refractivity contribution < 1.29 is 19.4 Å². The van der Waals surface area contributed by atoms with E-state index >= 15 is 0 Å². The summed E-state index contributed by atoms with van der Waals surface area (Å²) in [6, 6.07) is 12.7. The number of nitrogens with zero attached hydrogens (tertiary/aromatic N) is 1. The predicted octanol–water partition coefficient (Wildman–Crippen LogP) is 5.16. The summed E-state index contributed by atoms with van der Waals surface area (Å²) in [7, 11) is 0. The number of aliphatic hydroxyl groups is 1. The van der Waals surface area contributed by atoms with Crippen LogP contribution in [0.5, 0.6) is 11.5 Å². The van der Waals surface area contributed by atoms with Crippen LogP contribution in [0.4, 0.5) is 5.69 Å². The van der Waals surface area contributed by atoms with Gasteiger partial charge in [0, 0.05) is 32.1 Å². The van der Waals surface area contributed by atoms with Crippen molar-refractivity contribution in [3.63, 3.8) is 0 Å². The van der Waals surface area contributed by atoms with Crippen molar-refractivity contribution in [3.8, 4) is 11.5 Å². The van der Waals surface area contributed by atoms with E-state index in [9.17, 15) is 9.90 Å². The van der Waals surface area contributed by atoms with E-state index in [2.05, 4.69) is 10.2 Å². The van der Waals surface area contributed by atoms with E-state index in [0.29, 0.717) is 21.5 Å². The van der Waals surface area contributed by atoms with Gasteiger partial charge in [0.1, 0.15) is 29.8 Å². The van der Waals surface area contributed by atoms with E-state index in [0.717, 1.165) is 50.9 Å². The summed E-state index contributed by atoms with van der Waals surface area (Å²) < 4.78 is 12.3. The molecule has 2 fully saturated rings. The van der Waals surface area contributed by atoms with Crippen LogP contribution in [-0.4, -0.2) is 53.4 Å². The van der Waals surface area contributed by atoms with E-state index in [1.807, 2.05) is 30.3 Å². The molecule has 1 saturated carbocycles. The Hall–Kier alpha value is -1.99. The molecule has 0 radical (unpaired) electrons. The summed E-state index contributed by atoms with van der Waals surface area (Å²) in [5, 5.41) is 15.0. The number of amides is 1. The number of para-hydroxylation sites is 2. The smallest absolute Gasteiger partial charge is 0.221 e. The molecule has 1 saturated heterocycles. The fourth-order valence-corrected chi connectivity index (χ4v) is 5.03. The van der Waals surface area contributed by atoms with Crippen LogP contribution in [0.25, 0.3) is 0 Å². The second kappa shape index (κ2) is 11.0. The van der Waals surface area contributed by atoms with Gasteiger partial charge in [-0.05, 0) is 56.4 Å². The summed E-state index contributed by atoms with van der Waals surface area (Å²) in [5.74, 6) is 1.16. The zero-order chi connectivity index (χ0) is 23.4. The highest BCUT2D eigenvalue weighted by atomic mass is 35.5. The highest BCUT2D eigenvalue weighted by Crippen LogP contribution is 2.33. The van der Waals surface area contributed by atoms with Gasteiger partial charge in [-0.25, -0.2) is 0 Å². The molecule has 6 nitrogen and oxygen atoms in total. The van der Waals surface area contributed by atoms with E-state index in [4.69, 9.17) is 32.7 Å². The quantitative estimate of drug-likeness (QED) is 0.582. The first-order valence-corrected chi connectivity index (χ1v) is 12.2. The minimum atomic E-state index is -0.600. The molecule has 0 spiro atoms. The zero-order valence-corrected chi connectivity index (χ0v) is 20.2. The van der Waals surface area contributed by atoms with Crippen LogP contribution in [0.3, 0.4) is 0 Å². The van der Waals surface area contributed by atoms with Gasteiger partial charge < -0.3 is 19.9 Å². The maximum atomic E-state index is 11.5. The number of carbonyl (C=O) groups excluding carboxylic acids is 1. The number of halogens is 2. The molecular weight excluding hydrogens is 463 g/mol. The number of likely N-dealkylation sites (tertiary alicyclic amines) is 1. The van der Waals surface area contributed by atoms with Gasteiger partial charge in [0.2, 0.25) is 5.91 Å². The Morgan fingerprint density at radius 1 is 1.03 bits per heavy atom. The molecule has 2 aliphatic rings. The monoisotopic (exact) mass is 492 g/mol. The summed E-state index contributed by atoms with van der Waals surface area (Å²) in [4.78, 5) is 13.9. The van der Waals surface area contributed by atoms with Gasteiger partial charge in [0.25, 0.3) is 0 Å². The summed E-state index contributed by atoms with van der Waals surface area (Å²) in [6.45, 7) is 3.17. The average molecular weight is 493 g/mol. The summed E-state index contributed by atoms with van der Waals surface area (Å²) in [6.07, 6.45) is 3.64. The van der Waals surface area contributed by atoms with Gasteiger partial charge in [-0.1, -0.05) is 35.3 Å². The van der Waals surface area contributed by atoms with Crippen LogP contribution in [0.1, 0.15) is 39.0 Å². The van der Waals surface area contributed by atoms with Crippen LogP contribution >= 0.6 is 23.2 Å². The molecular formula is C25H30Cl2N2O4. The van der Waals surface area contributed by atoms with Crippen molar-refractivity contribution in [1.29, 1.82) is 0 Å². The lowest BCUT2D eigenvalue weighted by Gasteiger charge is -2.44. The van der Waals surface area contributed by atoms with Crippen molar-refractivity contribution in [1.82, 2.24) is 4.90 Å². The van der Waals surface area contributed by atoms with Crippen LogP contribution in [0.2, 0.25) is 10.0 Å². The number of hydrogen-bond donors (Lipinski definition) is 2. The minimum absolute atomic E-state index is 0.0441. The molecule has 2 aromatic rings. The Kier molecular flexibility index (Phi) is 8.02. The van der Waals surface area contributed by atoms with Crippen LogP contribution in [0, 0.1) is 0 Å². The Morgan fingerprint density at radius 3 is 2.52 bits per heavy atom. The lowest BCUT2D eigenvalue weighted by Crippen LogP contribution is -2.55. The van der Waals surface area contributed by atoms with Gasteiger partial charge in [-0.3, -0.25) is 9.69 Å². The summed E-state index contributed by atoms with van der Waals surface area (Å²) >= 11 is 12.1. The van der Waals surface area contributed by atoms with Crippen LogP contribution in [-0.2, 0) is 4.79 Å². The van der Waals surface area contributed by atoms with Crippen molar-refractivity contribution in [3.05, 3.63) is 52.5 Å². The van der Waals surface area contributed by atoms with Gasteiger partial charge >= 0.3 is 0 Å². The number of rotatable bonds is 6. The molecule has 1 aliphatic carbocycles. The molecule has 2 aromatic carbocycles. The second-order valence-electron chi connectivity index (χ2n) is 8.75. The zero-order valence-electron chi connectivity index (χ0n) is 18.7. The third-order valence-electron chi connectivity index (χ3n) is 6.38. The van der Waals surface area contributed by atoms with Crippen molar-refractivity contribution in [2.75, 3.05) is 18.4 Å². The normalized spacial score (nSPS) is 24.3. The second-order valence-corrected chi connectivity index (χ2v) is 9.57. The average Bonchev–Trinajstić information content (AvgIpc) is 2.79. The first kappa shape index (κ1) is 24.1. The van der Waals surface area contributed by atoms with Gasteiger partial charge in [0.15, 0.2) is 0 Å². The third-order valence-corrected chi connectivity index (χ3v) is 7.12. The Balaban J connectivity index is 1.34. The molecule has 8 heteroatoms. The lowest BCUT2D eigenvalue weighted by molar-refractivity contribution is -0.114. The maximum absolute atomic E-state index is 11.5. The Bertz CT molecular complexity index is 965. The highest BCUT2D eigenvalue weighted by Gasteiger charge is 2.38. The standard InChI is InChI=1S/C25H30Cl2N2O4/c1-16(30)28-21-5-2-3-7-23(21)33-24-8-4-6-22(25(24)31)29-13-11-17(12-14-29)32-18-9-10-19(26)20(27)15-18/h2-3,5,7,9-10,15,17,22,24-25,31H,4,6,8,11-14H2,1H3,(H,28,30). The van der Waals surface area contributed by atoms with E-state index in [1.54, 1.807) is 12.1 Å². The van der Waals surface area contributed by atoms with E-state index < -0.39 is 6.10 Å². The number of ether oxygens (including phenoxy) is 2. The van der Waals surface area contributed by atoms with E-state index in [1.165, 1.54) is 6.92 Å². The maximum Gasteiger partial charge on any atom is 0.221 e. The Labute approximate surface area is 204 Å². The van der Waals surface area contributed by atoms with E-state index in [-0.39, 0.29) is 24.2 Å². The number of piperidine rings is 1. The molecule has 178 valence electrons. The number of aliphatic hydroxyl groups excluding tert-OH is 1. The molecule has 3 atom stereocenters. The number of nitrogens with one attached hydrogen (secondary N) is 1. The lowest BCUT2D eigenvalue weighted by atomic mass is 9.87. The van der Waals surface area contributed by atoms with Gasteiger partial charge in [-0.2, -0.15) is 0 Å². The fourth-order valence-electron chi connectivity index (χ4n) is 4.74. The Morgan fingerprint density at radius 2 is 1.79 bits per heavy atom. The number of hydrogen-bond acceptors (Lipinski definition) is 5. The molecule has 0 aromatic heterocycles. The van der Waals surface area contributed by atoms with Crippen molar-refractivity contribution in [2.45, 2.75) is 63.4 Å². The molecule has 33 heavy (non-hydrogen) atoms. The number of benzene rings is 2. The van der Waals surface area contributed by atoms with Crippen LogP contribution < -0.4 is 14.8 Å². The number of carbonyl (C=O) groups is 1. The molecule has 1 aliphatic heterocycles. The minimum Gasteiger partial charge on any atom is -0.490 e. The fraction of sp³-hybridized carbons (Fsp3) is 0.480. The topological polar surface area (TPSA) is 71.0 Å². The highest BCUT2D eigenvalue weighted by molar-refractivity contribution is 6.42. The molecule has 2 N–H and O–H groups in total. The number of anilines is 1. The molecule has 3 unspecified atom stereocenters. The molecule has 0 bridgehead atoms. The van der Waals surface area contributed by atoms with Gasteiger partial charge in [-0.15, -0.1) is 0 Å². The molecule has 1 amide bonds. The first-order chi connectivity index (χ1) is 15.9. The first-order valence-electron chi connectivity index (χ1n) is 11.5. The largest absolute Gasteiger partial charge is 0.490 e. The molecule has 1 heterocycles. The third kappa shape index (κ3) is 6.12. The molecule has 4 rings (SSSR count). The van der Waals surface area contributed by atoms with Gasteiger partial charge in [0.05, 0.1) is 15.7 Å². The van der Waals surface area contributed by atoms with Crippen molar-refractivity contribution >= 4 is 34.8 Å². The van der Waals surface area contributed by atoms with Crippen LogP contribution in [0.15, 0.2) is 42.5 Å². The SMILES string of the molecule is CC(=O)Nc1ccccc1OC1CCCC(N2CCC(Oc3ccc(Cl)c(Cl)c3)CC2)C1O. The summed E-state index contributed by atoms with van der Waals surface area (Å²) in [5.41, 5.74) is 0.625. The predicted molar refractivity (Wildman–Crippen MR) is 130 cm³/mol.